The summed E-state index contributed by atoms with van der Waals surface area (Å²) < 4.78 is 16.9. The Morgan fingerprint density at radius 3 is 2.61 bits per heavy atom. The van der Waals surface area contributed by atoms with Gasteiger partial charge in [0.1, 0.15) is 17.9 Å². The zero-order chi connectivity index (χ0) is 20.7. The van der Waals surface area contributed by atoms with Crippen LogP contribution < -0.4 is 0 Å². The molecule has 0 amide bonds. The molecule has 8 atom stereocenters. The lowest BCUT2D eigenvalue weighted by molar-refractivity contribution is -0.228. The number of hydrogen-bond acceptors (Lipinski definition) is 5. The Balaban J connectivity index is 1.83. The fourth-order valence-electron chi connectivity index (χ4n) is 7.62. The number of ketones is 2. The van der Waals surface area contributed by atoms with Crippen LogP contribution in [0.15, 0.2) is 11.6 Å². The average molecular weight is 394 g/mol. The molecule has 0 aromatic carbocycles. The summed E-state index contributed by atoms with van der Waals surface area (Å²) in [6.45, 7) is 4.61. The fourth-order valence-corrected chi connectivity index (χ4v) is 7.62. The van der Waals surface area contributed by atoms with Gasteiger partial charge in [-0.1, -0.05) is 26.3 Å². The van der Waals surface area contributed by atoms with Gasteiger partial charge in [0.05, 0.1) is 6.10 Å². The smallest absolute Gasteiger partial charge is 0.190 e. The van der Waals surface area contributed by atoms with E-state index in [1.807, 2.05) is 6.92 Å². The molecule has 3 fully saturated rings. The predicted molar refractivity (Wildman–Crippen MR) is 100 cm³/mol. The van der Waals surface area contributed by atoms with Gasteiger partial charge in [0.25, 0.3) is 0 Å². The zero-order valence-corrected chi connectivity index (χ0v) is 16.9. The van der Waals surface area contributed by atoms with Crippen molar-refractivity contribution in [2.75, 3.05) is 6.61 Å². The number of carbonyl (C=O) groups excluding carboxylic acids is 2. The van der Waals surface area contributed by atoms with E-state index in [4.69, 9.17) is 0 Å². The molecule has 4 aliphatic rings. The molecule has 3 saturated carbocycles. The highest BCUT2D eigenvalue weighted by atomic mass is 19.1. The van der Waals surface area contributed by atoms with Crippen LogP contribution in [0.25, 0.3) is 0 Å². The van der Waals surface area contributed by atoms with Crippen molar-refractivity contribution in [1.82, 2.24) is 0 Å². The van der Waals surface area contributed by atoms with Gasteiger partial charge >= 0.3 is 0 Å². The molecule has 0 aromatic rings. The molecule has 0 aromatic heterocycles. The fraction of sp³-hybridized carbons (Fsp3) is 0.818. The maximum atomic E-state index is 16.9. The molecule has 4 rings (SSSR count). The van der Waals surface area contributed by atoms with Gasteiger partial charge < -0.3 is 15.3 Å². The second kappa shape index (κ2) is 5.96. The maximum Gasteiger partial charge on any atom is 0.190 e. The summed E-state index contributed by atoms with van der Waals surface area (Å²) in [6, 6.07) is 0. The monoisotopic (exact) mass is 394 g/mol. The van der Waals surface area contributed by atoms with Crippen molar-refractivity contribution >= 4 is 11.6 Å². The first-order valence-corrected chi connectivity index (χ1v) is 10.4. The van der Waals surface area contributed by atoms with Crippen LogP contribution in [0.1, 0.15) is 59.3 Å². The number of halogens is 1. The molecule has 5 nitrogen and oxygen atoms in total. The van der Waals surface area contributed by atoms with Crippen molar-refractivity contribution in [3.63, 3.8) is 0 Å². The Hall–Kier alpha value is -1.11. The summed E-state index contributed by atoms with van der Waals surface area (Å²) in [7, 11) is 0. The molecular formula is C22H31FO5. The molecule has 0 spiro atoms. The average Bonchev–Trinajstić information content (AvgIpc) is 2.84. The van der Waals surface area contributed by atoms with Crippen molar-refractivity contribution in [1.29, 1.82) is 0 Å². The Bertz CT molecular complexity index is 764. The first-order valence-electron chi connectivity index (χ1n) is 10.4. The van der Waals surface area contributed by atoms with Gasteiger partial charge in [0.2, 0.25) is 0 Å². The van der Waals surface area contributed by atoms with E-state index in [9.17, 15) is 24.9 Å². The van der Waals surface area contributed by atoms with Gasteiger partial charge in [-0.3, -0.25) is 9.59 Å². The SMILES string of the molecule is CC1C[C@H]2[C@@H]3CCC4=CC(=O)CC[C@]4(C)[C@@]3(F)[C@@H](O)C[C@]2(C)[C@@]1(O)C(=O)CO. The summed E-state index contributed by atoms with van der Waals surface area (Å²) in [5.74, 6) is -1.82. The van der Waals surface area contributed by atoms with Crippen LogP contribution in [-0.4, -0.2) is 50.9 Å². The van der Waals surface area contributed by atoms with E-state index in [1.165, 1.54) is 0 Å². The quantitative estimate of drug-likeness (QED) is 0.667. The highest BCUT2D eigenvalue weighted by Gasteiger charge is 2.75. The third-order valence-corrected chi connectivity index (χ3v) is 9.19. The normalized spacial score (nSPS) is 53.1. The number of allylic oxidation sites excluding steroid dienone is 1. The molecule has 28 heavy (non-hydrogen) atoms. The summed E-state index contributed by atoms with van der Waals surface area (Å²) in [5.41, 5.74) is -4.77. The molecule has 0 saturated heterocycles. The minimum atomic E-state index is -1.89. The lowest BCUT2D eigenvalue weighted by Gasteiger charge is -2.63. The Morgan fingerprint density at radius 1 is 1.29 bits per heavy atom. The zero-order valence-electron chi connectivity index (χ0n) is 16.9. The van der Waals surface area contributed by atoms with Crippen LogP contribution in [-0.2, 0) is 9.59 Å². The number of rotatable bonds is 2. The molecule has 3 N–H and O–H groups in total. The molecule has 156 valence electrons. The van der Waals surface area contributed by atoms with Crippen LogP contribution in [0.2, 0.25) is 0 Å². The van der Waals surface area contributed by atoms with Crippen molar-refractivity contribution < 1.29 is 29.3 Å². The van der Waals surface area contributed by atoms with E-state index in [0.29, 0.717) is 25.7 Å². The second-order valence-corrected chi connectivity index (χ2v) is 10.1. The number of Topliss-reactive ketones (excluding diaryl/α,β-unsaturated/α-hetero) is 1. The van der Waals surface area contributed by atoms with Crippen molar-refractivity contribution in [3.05, 3.63) is 11.6 Å². The lowest BCUT2D eigenvalue weighted by Crippen LogP contribution is -2.69. The van der Waals surface area contributed by atoms with E-state index in [2.05, 4.69) is 0 Å². The minimum absolute atomic E-state index is 0.0158. The molecule has 4 aliphatic carbocycles. The van der Waals surface area contributed by atoms with Gasteiger partial charge in [-0.2, -0.15) is 0 Å². The number of hydrogen-bond donors (Lipinski definition) is 3. The summed E-state index contributed by atoms with van der Waals surface area (Å²) in [4.78, 5) is 24.5. The Kier molecular flexibility index (Phi) is 4.29. The van der Waals surface area contributed by atoms with Crippen LogP contribution in [0.3, 0.4) is 0 Å². The van der Waals surface area contributed by atoms with Crippen LogP contribution in [0, 0.1) is 28.6 Å². The molecule has 0 heterocycles. The largest absolute Gasteiger partial charge is 0.390 e. The van der Waals surface area contributed by atoms with E-state index < -0.39 is 52.4 Å². The second-order valence-electron chi connectivity index (χ2n) is 10.1. The minimum Gasteiger partial charge on any atom is -0.390 e. The van der Waals surface area contributed by atoms with Gasteiger partial charge in [-0.05, 0) is 50.0 Å². The van der Waals surface area contributed by atoms with Gasteiger partial charge in [-0.25, -0.2) is 4.39 Å². The van der Waals surface area contributed by atoms with E-state index in [1.54, 1.807) is 19.9 Å². The molecular weight excluding hydrogens is 363 g/mol. The van der Waals surface area contributed by atoms with Crippen molar-refractivity contribution in [3.8, 4) is 0 Å². The molecule has 0 radical (unpaired) electrons. The van der Waals surface area contributed by atoms with Crippen LogP contribution in [0.5, 0.6) is 0 Å². The third kappa shape index (κ3) is 2.07. The van der Waals surface area contributed by atoms with E-state index in [-0.39, 0.29) is 24.5 Å². The number of alkyl halides is 1. The summed E-state index contributed by atoms with van der Waals surface area (Å²) in [6.07, 6.45) is 2.41. The standard InChI is InChI=1S/C22H31FO5/c1-12-8-16-15-5-4-13-9-14(25)6-7-19(13,2)21(15,23)17(26)10-20(16,3)22(12,28)18(27)11-24/h9,12,15-17,24,26,28H,4-8,10-11H2,1-3H3/t12?,15-,16-,17-,19-,20-,21-,22-/m0/s1. The summed E-state index contributed by atoms with van der Waals surface area (Å²) >= 11 is 0. The van der Waals surface area contributed by atoms with Crippen LogP contribution in [0.4, 0.5) is 4.39 Å². The molecule has 0 aliphatic heterocycles. The van der Waals surface area contributed by atoms with Crippen molar-refractivity contribution in [2.45, 2.75) is 76.7 Å². The number of aliphatic hydroxyl groups excluding tert-OH is 2. The highest BCUT2D eigenvalue weighted by molar-refractivity contribution is 5.92. The topological polar surface area (TPSA) is 94.8 Å². The first-order chi connectivity index (χ1) is 13.0. The van der Waals surface area contributed by atoms with Crippen LogP contribution >= 0.6 is 0 Å². The number of aliphatic hydroxyl groups is 3. The lowest BCUT2D eigenvalue weighted by atomic mass is 9.44. The summed E-state index contributed by atoms with van der Waals surface area (Å²) in [5, 5.41) is 32.0. The highest BCUT2D eigenvalue weighted by Crippen LogP contribution is 2.71. The Morgan fingerprint density at radius 2 is 1.96 bits per heavy atom. The third-order valence-electron chi connectivity index (χ3n) is 9.19. The number of carbonyl (C=O) groups is 2. The predicted octanol–water partition coefficient (Wildman–Crippen LogP) is 2.12. The molecule has 1 unspecified atom stereocenters. The van der Waals surface area contributed by atoms with E-state index >= 15 is 4.39 Å². The maximum absolute atomic E-state index is 16.9. The van der Waals surface area contributed by atoms with E-state index in [0.717, 1.165) is 5.57 Å². The molecule has 6 heteroatoms. The van der Waals surface area contributed by atoms with Crippen molar-refractivity contribution in [2.24, 2.45) is 28.6 Å². The van der Waals surface area contributed by atoms with Gasteiger partial charge in [0, 0.05) is 23.2 Å². The first kappa shape index (κ1) is 20.2. The van der Waals surface area contributed by atoms with Gasteiger partial charge in [0.15, 0.2) is 11.6 Å². The Labute approximate surface area is 165 Å². The van der Waals surface area contributed by atoms with Gasteiger partial charge in [-0.15, -0.1) is 0 Å². The number of fused-ring (bicyclic) bond motifs is 5. The molecule has 0 bridgehead atoms.